The van der Waals surface area contributed by atoms with Gasteiger partial charge in [-0.2, -0.15) is 0 Å². The number of carbonyl (C=O) groups is 1. The quantitative estimate of drug-likeness (QED) is 0.710. The number of β-amino-alcohol motifs (C(OH)–C–C–N with tert-alkyl or cyclic N) is 1. The number of aliphatic imine (C=N–C) groups is 1. The maximum atomic E-state index is 12.0. The van der Waals surface area contributed by atoms with Gasteiger partial charge in [0.2, 0.25) is 5.91 Å². The number of benzene rings is 1. The second-order valence-electron chi connectivity index (χ2n) is 8.64. The molecule has 2 unspecified atom stereocenters. The molecule has 4 aliphatic rings. The second kappa shape index (κ2) is 9.68. The third-order valence-electron chi connectivity index (χ3n) is 6.39. The Kier molecular flexibility index (Phi) is 6.52. The Morgan fingerprint density at radius 2 is 1.84 bits per heavy atom. The van der Waals surface area contributed by atoms with Crippen molar-refractivity contribution in [3.63, 3.8) is 0 Å². The molecule has 7 nitrogen and oxygen atoms in total. The molecular formula is C24H29N3O4S. The molecule has 3 atom stereocenters. The summed E-state index contributed by atoms with van der Waals surface area (Å²) in [6, 6.07) is 8.13. The minimum Gasteiger partial charge on any atom is -0.492 e. The molecule has 0 saturated carbocycles. The van der Waals surface area contributed by atoms with Gasteiger partial charge in [-0.1, -0.05) is 36.1 Å². The van der Waals surface area contributed by atoms with E-state index in [4.69, 9.17) is 9.47 Å². The number of aliphatic hydroxyl groups is 1. The zero-order valence-corrected chi connectivity index (χ0v) is 18.8. The number of amides is 1. The predicted octanol–water partition coefficient (Wildman–Crippen LogP) is 2.47. The van der Waals surface area contributed by atoms with Crippen molar-refractivity contribution >= 4 is 22.9 Å². The lowest BCUT2D eigenvalue weighted by Crippen LogP contribution is -2.46. The van der Waals surface area contributed by atoms with Gasteiger partial charge in [0.05, 0.1) is 23.8 Å². The lowest BCUT2D eigenvalue weighted by Gasteiger charge is -2.36. The number of carbonyl (C=O) groups excluding carboxylic acids is 1. The summed E-state index contributed by atoms with van der Waals surface area (Å²) in [7, 11) is 0. The van der Waals surface area contributed by atoms with E-state index in [1.807, 2.05) is 35.2 Å². The second-order valence-corrected chi connectivity index (χ2v) is 9.77. The summed E-state index contributed by atoms with van der Waals surface area (Å²) in [5.41, 5.74) is 0. The number of likely N-dealkylation sites (tertiary alicyclic amines) is 2. The summed E-state index contributed by atoms with van der Waals surface area (Å²) in [5, 5.41) is 10.7. The first-order valence-corrected chi connectivity index (χ1v) is 12.2. The average molecular weight is 456 g/mol. The minimum absolute atomic E-state index is 0.0948. The zero-order valence-electron chi connectivity index (χ0n) is 18.0. The van der Waals surface area contributed by atoms with Crippen molar-refractivity contribution in [1.29, 1.82) is 0 Å². The van der Waals surface area contributed by atoms with Gasteiger partial charge < -0.3 is 19.5 Å². The Bertz CT molecular complexity index is 908. The highest BCUT2D eigenvalue weighted by Crippen LogP contribution is 2.32. The molecule has 0 bridgehead atoms. The smallest absolute Gasteiger partial charge is 0.252 e. The van der Waals surface area contributed by atoms with E-state index < -0.39 is 6.10 Å². The van der Waals surface area contributed by atoms with E-state index in [1.165, 1.54) is 0 Å². The van der Waals surface area contributed by atoms with Crippen LogP contribution >= 0.6 is 11.8 Å². The highest BCUT2D eigenvalue weighted by molar-refractivity contribution is 8.14. The van der Waals surface area contributed by atoms with Gasteiger partial charge in [-0.05, 0) is 37.1 Å². The largest absolute Gasteiger partial charge is 0.492 e. The van der Waals surface area contributed by atoms with Gasteiger partial charge in [-0.15, -0.1) is 0 Å². The van der Waals surface area contributed by atoms with Crippen molar-refractivity contribution in [2.24, 2.45) is 4.99 Å². The molecule has 3 aliphatic heterocycles. The summed E-state index contributed by atoms with van der Waals surface area (Å²) < 4.78 is 11.8. The lowest BCUT2D eigenvalue weighted by atomic mass is 10.0. The Morgan fingerprint density at radius 1 is 1.09 bits per heavy atom. The van der Waals surface area contributed by atoms with Crippen LogP contribution in [0.3, 0.4) is 0 Å². The number of hydrogen-bond acceptors (Lipinski definition) is 7. The van der Waals surface area contributed by atoms with Crippen LogP contribution in [0.1, 0.15) is 19.3 Å². The van der Waals surface area contributed by atoms with E-state index in [1.54, 1.807) is 11.8 Å². The van der Waals surface area contributed by atoms with Gasteiger partial charge in [-0.25, -0.2) is 4.99 Å². The first-order chi connectivity index (χ1) is 15.6. The topological polar surface area (TPSA) is 74.6 Å². The number of nitrogens with zero attached hydrogens (tertiary/aromatic N) is 3. The van der Waals surface area contributed by atoms with Crippen LogP contribution < -0.4 is 9.47 Å². The van der Waals surface area contributed by atoms with Gasteiger partial charge in [-0.3, -0.25) is 9.69 Å². The molecule has 3 heterocycles. The fraction of sp³-hybridized carbons (Fsp3) is 0.500. The van der Waals surface area contributed by atoms with Gasteiger partial charge in [0.25, 0.3) is 5.23 Å². The Hall–Kier alpha value is -2.29. The first kappa shape index (κ1) is 21.6. The minimum atomic E-state index is -0.492. The summed E-state index contributed by atoms with van der Waals surface area (Å²) in [6.45, 7) is 3.88. The molecule has 1 N–H and O–H groups in total. The highest BCUT2D eigenvalue weighted by Gasteiger charge is 2.34. The van der Waals surface area contributed by atoms with Crippen molar-refractivity contribution in [3.05, 3.63) is 48.6 Å². The van der Waals surface area contributed by atoms with Crippen LogP contribution in [0.5, 0.6) is 11.5 Å². The molecule has 0 aromatic heterocycles. The fourth-order valence-corrected chi connectivity index (χ4v) is 5.66. The molecule has 32 heavy (non-hydrogen) atoms. The summed E-state index contributed by atoms with van der Waals surface area (Å²) in [5.74, 6) is 1.68. The Morgan fingerprint density at radius 3 is 2.56 bits per heavy atom. The predicted molar refractivity (Wildman–Crippen MR) is 125 cm³/mol. The molecule has 1 amide bonds. The number of thioether (sulfide) groups is 1. The van der Waals surface area contributed by atoms with Gasteiger partial charge in [0.1, 0.15) is 18.1 Å². The van der Waals surface area contributed by atoms with E-state index in [0.717, 1.165) is 44.0 Å². The third kappa shape index (κ3) is 5.03. The molecule has 2 saturated heterocycles. The van der Waals surface area contributed by atoms with Crippen molar-refractivity contribution < 1.29 is 19.4 Å². The average Bonchev–Trinajstić information content (AvgIpc) is 3.37. The molecular weight excluding hydrogens is 426 g/mol. The molecule has 170 valence electrons. The molecule has 8 heteroatoms. The van der Waals surface area contributed by atoms with Crippen LogP contribution in [0.25, 0.3) is 0 Å². The van der Waals surface area contributed by atoms with E-state index >= 15 is 0 Å². The maximum absolute atomic E-state index is 12.0. The van der Waals surface area contributed by atoms with Crippen molar-refractivity contribution in [2.45, 2.75) is 42.7 Å². The van der Waals surface area contributed by atoms with Crippen molar-refractivity contribution in [1.82, 2.24) is 9.80 Å². The first-order valence-electron chi connectivity index (χ1n) is 11.3. The Balaban J connectivity index is 1.02. The lowest BCUT2D eigenvalue weighted by molar-refractivity contribution is -0.130. The van der Waals surface area contributed by atoms with Crippen LogP contribution in [0.4, 0.5) is 0 Å². The highest BCUT2D eigenvalue weighted by atomic mass is 32.2. The molecule has 5 rings (SSSR count). The van der Waals surface area contributed by atoms with Crippen molar-refractivity contribution in [3.8, 4) is 11.5 Å². The molecule has 0 spiro atoms. The molecule has 1 aromatic rings. The van der Waals surface area contributed by atoms with Crippen LogP contribution in [0.2, 0.25) is 0 Å². The summed E-state index contributed by atoms with van der Waals surface area (Å²) in [4.78, 5) is 20.9. The monoisotopic (exact) mass is 455 g/mol. The number of hydrogen-bond donors (Lipinski definition) is 1. The van der Waals surface area contributed by atoms with Crippen LogP contribution in [-0.4, -0.2) is 82.3 Å². The normalized spacial score (nSPS) is 28.2. The number of aliphatic hydroxyl groups excluding tert-OH is 1. The Labute approximate surface area is 192 Å². The number of rotatable bonds is 6. The SMILES string of the molecule is O=C1C[C@@H](O)CN1C1CCN(CCOc2ccc(OC3=NC4C=CC=CC4S3)cc2)CC1. The van der Waals surface area contributed by atoms with E-state index in [0.29, 0.717) is 23.6 Å². The van der Waals surface area contributed by atoms with Crippen LogP contribution in [0.15, 0.2) is 53.6 Å². The standard InChI is InChI=1S/C24H29N3O4S/c28-18-15-23(29)27(16-18)17-9-11-26(12-10-17)13-14-30-19-5-7-20(8-6-19)31-24-25-21-3-1-2-4-22(21)32-24/h1-8,17-18,21-22,28H,9-16H2/t18-,21?,22?/m1/s1. The molecule has 1 aromatic carbocycles. The third-order valence-corrected chi connectivity index (χ3v) is 7.49. The number of allylic oxidation sites excluding steroid dienone is 2. The zero-order chi connectivity index (χ0) is 21.9. The molecule has 2 fully saturated rings. The van der Waals surface area contributed by atoms with E-state index in [2.05, 4.69) is 28.1 Å². The van der Waals surface area contributed by atoms with Crippen molar-refractivity contribution in [2.75, 3.05) is 32.8 Å². The number of piperidine rings is 1. The summed E-state index contributed by atoms with van der Waals surface area (Å²) >= 11 is 1.65. The fourth-order valence-electron chi connectivity index (χ4n) is 4.64. The molecule has 1 aliphatic carbocycles. The van der Waals surface area contributed by atoms with Crippen LogP contribution in [-0.2, 0) is 4.79 Å². The van der Waals surface area contributed by atoms with Gasteiger partial charge in [0, 0.05) is 32.2 Å². The van der Waals surface area contributed by atoms with Crippen LogP contribution in [0, 0.1) is 0 Å². The summed E-state index contributed by atoms with van der Waals surface area (Å²) in [6.07, 6.45) is 10.0. The number of ether oxygens (including phenoxy) is 2. The number of fused-ring (bicyclic) bond motifs is 1. The maximum Gasteiger partial charge on any atom is 0.252 e. The van der Waals surface area contributed by atoms with E-state index in [-0.39, 0.29) is 24.4 Å². The van der Waals surface area contributed by atoms with Gasteiger partial charge in [0.15, 0.2) is 0 Å². The van der Waals surface area contributed by atoms with Gasteiger partial charge >= 0.3 is 0 Å². The molecule has 0 radical (unpaired) electrons. The van der Waals surface area contributed by atoms with E-state index in [9.17, 15) is 9.90 Å².